The molecule has 1 N–H and O–H groups in total. The molecule has 0 radical (unpaired) electrons. The van der Waals surface area contributed by atoms with Crippen molar-refractivity contribution in [3.63, 3.8) is 0 Å². The lowest BCUT2D eigenvalue weighted by Crippen LogP contribution is -2.26. The Balaban J connectivity index is 1.71. The van der Waals surface area contributed by atoms with Crippen molar-refractivity contribution in [3.05, 3.63) is 38.4 Å². The number of ether oxygens (including phenoxy) is 1. The van der Waals surface area contributed by atoms with Crippen LogP contribution in [-0.4, -0.2) is 28.0 Å². The molecule has 8 nitrogen and oxygen atoms in total. The van der Waals surface area contributed by atoms with E-state index in [0.29, 0.717) is 5.58 Å². The average Bonchev–Trinajstić information content (AvgIpc) is 3.41. The minimum atomic E-state index is -0.595. The number of pyridine rings is 1. The standard InChI is InChI=1S/C20H20BrN3O5/c1-3-28-16(26)8-14(25)22-9-15-23-17-19(29-15)12-6-7-13(21)10(2)18(12)24(20(17)27)11-4-5-11/h6-7,11H,3-5,8-9H2,1-2H3,(H,22,25). The van der Waals surface area contributed by atoms with Gasteiger partial charge in [0.25, 0.3) is 5.56 Å². The average molecular weight is 462 g/mol. The van der Waals surface area contributed by atoms with Gasteiger partial charge < -0.3 is 19.0 Å². The lowest BCUT2D eigenvalue weighted by atomic mass is 10.1. The Hall–Kier alpha value is -2.68. The van der Waals surface area contributed by atoms with E-state index in [-0.39, 0.29) is 42.6 Å². The number of fused-ring (bicyclic) bond motifs is 3. The van der Waals surface area contributed by atoms with Crippen LogP contribution in [0.25, 0.3) is 22.0 Å². The molecule has 1 saturated carbocycles. The Morgan fingerprint density at radius 2 is 2.14 bits per heavy atom. The highest BCUT2D eigenvalue weighted by Crippen LogP contribution is 2.39. The summed E-state index contributed by atoms with van der Waals surface area (Å²) in [6.07, 6.45) is 1.54. The molecule has 0 aliphatic heterocycles. The SMILES string of the molecule is CCOC(=O)CC(=O)NCc1nc2c(=O)n(C3CC3)c3c(C)c(Br)ccc3c2o1. The second-order valence-electron chi connectivity index (χ2n) is 7.02. The number of amides is 1. The molecule has 152 valence electrons. The first-order valence-electron chi connectivity index (χ1n) is 9.45. The number of hydrogen-bond acceptors (Lipinski definition) is 6. The maximum absolute atomic E-state index is 13.1. The van der Waals surface area contributed by atoms with E-state index in [9.17, 15) is 14.4 Å². The normalized spacial score (nSPS) is 13.8. The molecule has 1 fully saturated rings. The van der Waals surface area contributed by atoms with Crippen LogP contribution in [0.3, 0.4) is 0 Å². The van der Waals surface area contributed by atoms with Crippen LogP contribution in [0.15, 0.2) is 25.8 Å². The molecule has 2 heterocycles. The molecule has 0 atom stereocenters. The summed E-state index contributed by atoms with van der Waals surface area (Å²) < 4.78 is 13.3. The van der Waals surface area contributed by atoms with Gasteiger partial charge in [-0.1, -0.05) is 15.9 Å². The Morgan fingerprint density at radius 3 is 2.83 bits per heavy atom. The third kappa shape index (κ3) is 3.66. The number of aryl methyl sites for hydroxylation is 1. The smallest absolute Gasteiger partial charge is 0.315 e. The van der Waals surface area contributed by atoms with Crippen LogP contribution >= 0.6 is 15.9 Å². The Morgan fingerprint density at radius 1 is 1.38 bits per heavy atom. The van der Waals surface area contributed by atoms with Gasteiger partial charge in [0.05, 0.1) is 18.7 Å². The third-order valence-corrected chi connectivity index (χ3v) is 5.76. The summed E-state index contributed by atoms with van der Waals surface area (Å²) >= 11 is 3.54. The number of carbonyl (C=O) groups excluding carboxylic acids is 2. The lowest BCUT2D eigenvalue weighted by Gasteiger charge is -2.12. The van der Waals surface area contributed by atoms with Crippen molar-refractivity contribution >= 4 is 49.8 Å². The molecule has 0 bridgehead atoms. The topological polar surface area (TPSA) is 103 Å². The summed E-state index contributed by atoms with van der Waals surface area (Å²) in [7, 11) is 0. The molecule has 0 saturated heterocycles. The Bertz CT molecular complexity index is 1190. The van der Waals surface area contributed by atoms with Gasteiger partial charge in [0.1, 0.15) is 6.42 Å². The zero-order chi connectivity index (χ0) is 20.7. The molecule has 1 amide bonds. The highest BCUT2D eigenvalue weighted by molar-refractivity contribution is 9.10. The minimum Gasteiger partial charge on any atom is -0.466 e. The Kier molecular flexibility index (Phi) is 5.16. The molecule has 4 rings (SSSR count). The number of nitrogens with zero attached hydrogens (tertiary/aromatic N) is 2. The van der Waals surface area contributed by atoms with Crippen LogP contribution in [0.1, 0.15) is 43.7 Å². The van der Waals surface area contributed by atoms with E-state index < -0.39 is 11.9 Å². The lowest BCUT2D eigenvalue weighted by molar-refractivity contribution is -0.146. The quantitative estimate of drug-likeness (QED) is 0.446. The van der Waals surface area contributed by atoms with Crippen molar-refractivity contribution in [2.24, 2.45) is 0 Å². The zero-order valence-corrected chi connectivity index (χ0v) is 17.7. The number of carbonyl (C=O) groups is 2. The second kappa shape index (κ2) is 7.62. The highest BCUT2D eigenvalue weighted by atomic mass is 79.9. The van der Waals surface area contributed by atoms with E-state index in [2.05, 4.69) is 26.2 Å². The largest absolute Gasteiger partial charge is 0.466 e. The number of halogens is 1. The minimum absolute atomic E-state index is 0.0210. The highest BCUT2D eigenvalue weighted by Gasteiger charge is 2.30. The number of hydrogen-bond donors (Lipinski definition) is 1. The summed E-state index contributed by atoms with van der Waals surface area (Å²) in [5, 5.41) is 3.38. The van der Waals surface area contributed by atoms with Crippen molar-refractivity contribution < 1.29 is 18.7 Å². The molecular formula is C20H20BrN3O5. The van der Waals surface area contributed by atoms with Crippen molar-refractivity contribution in [1.29, 1.82) is 0 Å². The first kappa shape index (κ1) is 19.6. The number of nitrogens with one attached hydrogen (secondary N) is 1. The first-order chi connectivity index (χ1) is 13.9. The summed E-state index contributed by atoms with van der Waals surface area (Å²) in [4.78, 5) is 40.7. The molecule has 2 aromatic heterocycles. The van der Waals surface area contributed by atoms with E-state index >= 15 is 0 Å². The summed E-state index contributed by atoms with van der Waals surface area (Å²) in [5.41, 5.74) is 2.28. The van der Waals surface area contributed by atoms with Crippen LogP contribution in [0.2, 0.25) is 0 Å². The van der Waals surface area contributed by atoms with Gasteiger partial charge in [0.2, 0.25) is 11.8 Å². The molecule has 1 aliphatic carbocycles. The summed E-state index contributed by atoms with van der Waals surface area (Å²) in [6, 6.07) is 4.00. The van der Waals surface area contributed by atoms with Crippen LogP contribution < -0.4 is 10.9 Å². The van der Waals surface area contributed by atoms with Crippen molar-refractivity contribution in [3.8, 4) is 0 Å². The van der Waals surface area contributed by atoms with Crippen LogP contribution in [0.5, 0.6) is 0 Å². The van der Waals surface area contributed by atoms with Gasteiger partial charge in [0.15, 0.2) is 11.1 Å². The molecule has 3 aromatic rings. The van der Waals surface area contributed by atoms with Crippen molar-refractivity contribution in [2.45, 2.75) is 45.7 Å². The number of esters is 1. The van der Waals surface area contributed by atoms with E-state index in [1.165, 1.54) is 0 Å². The fourth-order valence-corrected chi connectivity index (χ4v) is 3.73. The maximum Gasteiger partial charge on any atom is 0.315 e. The van der Waals surface area contributed by atoms with E-state index in [1.54, 1.807) is 6.92 Å². The predicted octanol–water partition coefficient (Wildman–Crippen LogP) is 3.12. The van der Waals surface area contributed by atoms with Crippen molar-refractivity contribution in [1.82, 2.24) is 14.9 Å². The number of aromatic nitrogens is 2. The monoisotopic (exact) mass is 461 g/mol. The molecule has 29 heavy (non-hydrogen) atoms. The van der Waals surface area contributed by atoms with E-state index in [1.807, 2.05) is 23.6 Å². The van der Waals surface area contributed by atoms with Crippen LogP contribution in [-0.2, 0) is 20.9 Å². The van der Waals surface area contributed by atoms with Gasteiger partial charge in [-0.2, -0.15) is 0 Å². The molecule has 1 aromatic carbocycles. The van der Waals surface area contributed by atoms with Gasteiger partial charge in [-0.05, 0) is 44.4 Å². The van der Waals surface area contributed by atoms with Gasteiger partial charge in [-0.3, -0.25) is 14.4 Å². The summed E-state index contributed by atoms with van der Waals surface area (Å²) in [5.74, 6) is -0.877. The molecule has 1 aliphatic rings. The van der Waals surface area contributed by atoms with Gasteiger partial charge in [0, 0.05) is 15.9 Å². The van der Waals surface area contributed by atoms with E-state index in [0.717, 1.165) is 33.8 Å². The van der Waals surface area contributed by atoms with E-state index in [4.69, 9.17) is 9.15 Å². The number of oxazole rings is 1. The van der Waals surface area contributed by atoms with Crippen LogP contribution in [0, 0.1) is 6.92 Å². The van der Waals surface area contributed by atoms with Crippen LogP contribution in [0.4, 0.5) is 0 Å². The van der Waals surface area contributed by atoms with Gasteiger partial charge in [-0.25, -0.2) is 4.98 Å². The fourth-order valence-electron chi connectivity index (χ4n) is 3.41. The second-order valence-corrected chi connectivity index (χ2v) is 7.87. The molecular weight excluding hydrogens is 442 g/mol. The number of benzene rings is 1. The predicted molar refractivity (Wildman–Crippen MR) is 110 cm³/mol. The fraction of sp³-hybridized carbons (Fsp3) is 0.400. The molecule has 9 heteroatoms. The van der Waals surface area contributed by atoms with Gasteiger partial charge in [-0.15, -0.1) is 0 Å². The summed E-state index contributed by atoms with van der Waals surface area (Å²) in [6.45, 7) is 3.83. The maximum atomic E-state index is 13.1. The van der Waals surface area contributed by atoms with Gasteiger partial charge >= 0.3 is 5.97 Å². The van der Waals surface area contributed by atoms with Crippen molar-refractivity contribution in [2.75, 3.05) is 6.61 Å². The zero-order valence-electron chi connectivity index (χ0n) is 16.1. The first-order valence-corrected chi connectivity index (χ1v) is 10.2. The Labute approximate surface area is 174 Å². The third-order valence-electron chi connectivity index (χ3n) is 4.90. The molecule has 0 unspecified atom stereocenters. The number of rotatable bonds is 6. The molecule has 0 spiro atoms.